The molecule has 0 unspecified atom stereocenters. The molecular formula is C23H24BBrF4N2. The van der Waals surface area contributed by atoms with Gasteiger partial charge in [0.1, 0.15) is 17.3 Å². The van der Waals surface area contributed by atoms with Gasteiger partial charge >= 0.3 is 6.97 Å². The molecule has 0 saturated heterocycles. The first kappa shape index (κ1) is 22.1. The van der Waals surface area contributed by atoms with E-state index in [1.807, 2.05) is 13.8 Å². The Bertz CT molecular complexity index is 1250. The van der Waals surface area contributed by atoms with Gasteiger partial charge in [0.15, 0.2) is 5.70 Å². The summed E-state index contributed by atoms with van der Waals surface area (Å²) in [5, 5.41) is 0. The third kappa shape index (κ3) is 2.79. The van der Waals surface area contributed by atoms with Crippen molar-refractivity contribution in [3.8, 4) is 0 Å². The highest BCUT2D eigenvalue weighted by Gasteiger charge is 2.57. The molecular weight excluding hydrogens is 471 g/mol. The van der Waals surface area contributed by atoms with E-state index in [-0.39, 0.29) is 21.4 Å². The van der Waals surface area contributed by atoms with Crippen LogP contribution in [-0.4, -0.2) is 21.6 Å². The van der Waals surface area contributed by atoms with Crippen LogP contribution in [0.5, 0.6) is 0 Å². The first-order valence-electron chi connectivity index (χ1n) is 10.4. The summed E-state index contributed by atoms with van der Waals surface area (Å²) >= 11 is 3.02. The molecule has 8 heteroatoms. The quantitative estimate of drug-likeness (QED) is 0.248. The van der Waals surface area contributed by atoms with Crippen LogP contribution in [0.25, 0.3) is 5.57 Å². The standard InChI is InChI=1S/C23H24BBrF4N2/c1-7-15-11(3)22-21(17-9-20(27)18(25)10-19(17)26)23-12(4)16(8-2)14(6)31(23)24(28,29)30(22)13(15)5/h9-10H,7-8H2,1-6H3. The minimum Gasteiger partial charge on any atom is -0.393 e. The van der Waals surface area contributed by atoms with Crippen LogP contribution in [0, 0.1) is 25.5 Å². The predicted molar refractivity (Wildman–Crippen MR) is 121 cm³/mol. The summed E-state index contributed by atoms with van der Waals surface area (Å²) in [6.45, 7) is 6.57. The molecule has 2 aromatic rings. The highest BCUT2D eigenvalue weighted by Crippen LogP contribution is 2.47. The fourth-order valence-electron chi connectivity index (χ4n) is 5.45. The molecule has 1 aromatic heterocycles. The lowest BCUT2D eigenvalue weighted by molar-refractivity contribution is -0.363. The molecule has 0 radical (unpaired) electrons. The molecule has 31 heavy (non-hydrogen) atoms. The summed E-state index contributed by atoms with van der Waals surface area (Å²) in [6, 6.07) is 2.16. The van der Waals surface area contributed by atoms with E-state index in [1.165, 1.54) is 0 Å². The summed E-state index contributed by atoms with van der Waals surface area (Å²) in [6.07, 6.45) is 1.14. The van der Waals surface area contributed by atoms with E-state index in [1.54, 1.807) is 27.7 Å². The number of aromatic nitrogens is 1. The van der Waals surface area contributed by atoms with Gasteiger partial charge in [-0.1, -0.05) is 13.8 Å². The number of halogens is 5. The summed E-state index contributed by atoms with van der Waals surface area (Å²) in [5.41, 5.74) is 4.76. The van der Waals surface area contributed by atoms with Crippen molar-refractivity contribution in [3.63, 3.8) is 0 Å². The Labute approximate surface area is 188 Å². The van der Waals surface area contributed by atoms with Gasteiger partial charge in [-0.25, -0.2) is 8.78 Å². The van der Waals surface area contributed by atoms with Gasteiger partial charge < -0.3 is 17.6 Å². The van der Waals surface area contributed by atoms with E-state index < -0.39 is 18.6 Å². The van der Waals surface area contributed by atoms with Gasteiger partial charge in [-0.2, -0.15) is 0 Å². The van der Waals surface area contributed by atoms with E-state index in [0.29, 0.717) is 41.0 Å². The maximum Gasteiger partial charge on any atom is 0.737 e. The Morgan fingerprint density at radius 1 is 1.00 bits per heavy atom. The highest BCUT2D eigenvalue weighted by atomic mass is 79.9. The second-order valence-electron chi connectivity index (χ2n) is 8.23. The lowest BCUT2D eigenvalue weighted by Gasteiger charge is -2.34. The molecule has 0 N–H and O–H groups in total. The topological polar surface area (TPSA) is 7.94 Å². The fraction of sp³-hybridized carbons (Fsp3) is 0.348. The number of rotatable bonds is 3. The Morgan fingerprint density at radius 3 is 2.23 bits per heavy atom. The molecule has 0 atom stereocenters. The Hall–Kier alpha value is -2.09. The van der Waals surface area contributed by atoms with Gasteiger partial charge in [0.05, 0.1) is 10.0 Å². The summed E-state index contributed by atoms with van der Waals surface area (Å²) in [7, 11) is 0. The number of hydrogen-bond acceptors (Lipinski definition) is 0. The lowest BCUT2D eigenvalue weighted by atomic mass is 9.83. The molecule has 2 aliphatic heterocycles. The van der Waals surface area contributed by atoms with Crippen LogP contribution in [0.3, 0.4) is 0 Å². The zero-order chi connectivity index (χ0) is 23.0. The lowest BCUT2D eigenvalue weighted by Crippen LogP contribution is -2.51. The highest BCUT2D eigenvalue weighted by molar-refractivity contribution is 9.10. The van der Waals surface area contributed by atoms with Gasteiger partial charge in [-0.15, -0.1) is 0 Å². The van der Waals surface area contributed by atoms with Crippen LogP contribution in [0.15, 0.2) is 33.4 Å². The molecule has 3 heterocycles. The number of fused-ring (bicyclic) bond motifs is 2. The van der Waals surface area contributed by atoms with E-state index in [0.717, 1.165) is 32.2 Å². The second-order valence-corrected chi connectivity index (χ2v) is 9.09. The molecule has 2 nitrogen and oxygen atoms in total. The van der Waals surface area contributed by atoms with E-state index in [4.69, 9.17) is 0 Å². The molecule has 164 valence electrons. The number of hydrogen-bond donors (Lipinski definition) is 0. The Morgan fingerprint density at radius 2 is 1.65 bits per heavy atom. The monoisotopic (exact) mass is 494 g/mol. The zero-order valence-corrected chi connectivity index (χ0v) is 20.0. The van der Waals surface area contributed by atoms with E-state index in [2.05, 4.69) is 15.9 Å². The normalized spacial score (nSPS) is 17.6. The molecule has 1 aromatic carbocycles. The van der Waals surface area contributed by atoms with Crippen molar-refractivity contribution in [1.29, 1.82) is 0 Å². The van der Waals surface area contributed by atoms with Crippen molar-refractivity contribution in [1.82, 2.24) is 4.48 Å². The molecule has 0 fully saturated rings. The minimum atomic E-state index is -4.20. The second kappa shape index (κ2) is 7.22. The molecule has 0 saturated carbocycles. The third-order valence-electron chi connectivity index (χ3n) is 6.78. The largest absolute Gasteiger partial charge is 0.737 e. The molecule has 0 aliphatic carbocycles. The molecule has 2 aliphatic rings. The number of benzene rings is 1. The summed E-state index contributed by atoms with van der Waals surface area (Å²) < 4.78 is 64.1. The van der Waals surface area contributed by atoms with Gasteiger partial charge in [-0.05, 0) is 78.5 Å². The van der Waals surface area contributed by atoms with Crippen molar-refractivity contribution in [2.45, 2.75) is 54.4 Å². The first-order chi connectivity index (χ1) is 14.5. The third-order valence-corrected chi connectivity index (χ3v) is 7.38. The summed E-state index contributed by atoms with van der Waals surface area (Å²) in [4.78, 5) is 0. The van der Waals surface area contributed by atoms with Crippen LogP contribution < -0.4 is 0 Å². The van der Waals surface area contributed by atoms with Crippen LogP contribution in [0.4, 0.5) is 17.4 Å². The minimum absolute atomic E-state index is 0.00484. The van der Waals surface area contributed by atoms with Gasteiger partial charge in [0.2, 0.25) is 0 Å². The maximum atomic E-state index is 16.1. The van der Waals surface area contributed by atoms with Crippen LogP contribution in [0.1, 0.15) is 62.2 Å². The number of nitrogens with zero attached hydrogens (tertiary/aromatic N) is 2. The van der Waals surface area contributed by atoms with Gasteiger partial charge in [-0.3, -0.25) is 0 Å². The van der Waals surface area contributed by atoms with Crippen molar-refractivity contribution < 1.29 is 21.9 Å². The fourth-order valence-corrected chi connectivity index (χ4v) is 5.76. The van der Waals surface area contributed by atoms with Gasteiger partial charge in [0, 0.05) is 29.3 Å². The Kier molecular flexibility index (Phi) is 5.15. The SMILES string of the molecule is CCC1=C(C)C2=C(c3cc(F)c(Br)cc3F)c3c(C)c(CC)c(C)n3[B-](F)(F)[N+]2=C1C. The summed E-state index contributed by atoms with van der Waals surface area (Å²) in [5.74, 6) is -1.30. The van der Waals surface area contributed by atoms with Crippen LogP contribution in [-0.2, 0) is 6.42 Å². The van der Waals surface area contributed by atoms with Crippen molar-refractivity contribution in [2.24, 2.45) is 0 Å². The maximum absolute atomic E-state index is 16.1. The van der Waals surface area contributed by atoms with Crippen molar-refractivity contribution in [3.05, 3.63) is 73.2 Å². The molecule has 0 amide bonds. The number of allylic oxidation sites excluding steroid dienone is 2. The molecule has 0 bridgehead atoms. The van der Waals surface area contributed by atoms with Crippen LogP contribution >= 0.6 is 15.9 Å². The van der Waals surface area contributed by atoms with Gasteiger partial charge in [0.25, 0.3) is 0 Å². The zero-order valence-electron chi connectivity index (χ0n) is 18.4. The Balaban J connectivity index is 2.27. The average molecular weight is 495 g/mol. The molecule has 4 rings (SSSR count). The van der Waals surface area contributed by atoms with Crippen molar-refractivity contribution >= 4 is 34.2 Å². The smallest absolute Gasteiger partial charge is 0.393 e. The van der Waals surface area contributed by atoms with Crippen LogP contribution in [0.2, 0.25) is 0 Å². The predicted octanol–water partition coefficient (Wildman–Crippen LogP) is 6.92. The van der Waals surface area contributed by atoms with E-state index in [9.17, 15) is 4.39 Å². The molecule has 0 spiro atoms. The average Bonchev–Trinajstić information content (AvgIpc) is 3.10. The van der Waals surface area contributed by atoms with Crippen molar-refractivity contribution in [2.75, 3.05) is 0 Å². The van der Waals surface area contributed by atoms with E-state index >= 15 is 13.0 Å². The first-order valence-corrected chi connectivity index (χ1v) is 11.2.